The van der Waals surface area contributed by atoms with E-state index < -0.39 is 17.7 Å². The molecular weight excluding hydrogens is 314 g/mol. The quantitative estimate of drug-likeness (QED) is 0.849. The number of piperidine rings is 1. The minimum Gasteiger partial charge on any atom is -0.444 e. The second-order valence-corrected chi connectivity index (χ2v) is 7.58. The van der Waals surface area contributed by atoms with Crippen LogP contribution in [0.25, 0.3) is 0 Å². The van der Waals surface area contributed by atoms with Crippen molar-refractivity contribution < 1.29 is 14.3 Å². The van der Waals surface area contributed by atoms with Crippen LogP contribution in [0.4, 0.5) is 4.79 Å². The van der Waals surface area contributed by atoms with Crippen molar-refractivity contribution in [1.82, 2.24) is 14.8 Å². The molecule has 23 heavy (non-hydrogen) atoms. The number of carbonyl (C=O) groups is 2. The average Bonchev–Trinajstić information content (AvgIpc) is 2.97. The van der Waals surface area contributed by atoms with Crippen LogP contribution in [-0.4, -0.2) is 52.0 Å². The summed E-state index contributed by atoms with van der Waals surface area (Å²) in [5.74, 6) is -0.0523. The Balaban J connectivity index is 2.04. The molecule has 0 bridgehead atoms. The molecule has 0 radical (unpaired) electrons. The van der Waals surface area contributed by atoms with Crippen LogP contribution in [0.1, 0.15) is 45.7 Å². The minimum absolute atomic E-state index is 0.0523. The van der Waals surface area contributed by atoms with E-state index in [9.17, 15) is 9.59 Å². The van der Waals surface area contributed by atoms with Gasteiger partial charge in [-0.15, -0.1) is 11.3 Å². The van der Waals surface area contributed by atoms with Crippen LogP contribution in [-0.2, 0) is 16.1 Å². The van der Waals surface area contributed by atoms with Crippen molar-refractivity contribution in [1.29, 1.82) is 0 Å². The van der Waals surface area contributed by atoms with E-state index in [2.05, 4.69) is 4.98 Å². The van der Waals surface area contributed by atoms with Crippen LogP contribution in [0, 0.1) is 0 Å². The fourth-order valence-electron chi connectivity index (χ4n) is 2.62. The Hall–Kier alpha value is -1.63. The zero-order valence-corrected chi connectivity index (χ0v) is 15.1. The Labute approximate surface area is 141 Å². The third-order valence-corrected chi connectivity index (χ3v) is 4.31. The van der Waals surface area contributed by atoms with Crippen LogP contribution in [0.3, 0.4) is 0 Å². The lowest BCUT2D eigenvalue weighted by Gasteiger charge is -2.37. The average molecular weight is 339 g/mol. The number of likely N-dealkylation sites (tertiary alicyclic amines) is 1. The summed E-state index contributed by atoms with van der Waals surface area (Å²) in [4.78, 5) is 32.6. The highest BCUT2D eigenvalue weighted by Gasteiger charge is 2.36. The summed E-state index contributed by atoms with van der Waals surface area (Å²) >= 11 is 1.51. The fraction of sp³-hybridized carbons (Fsp3) is 0.688. The molecule has 2 heterocycles. The molecule has 0 N–H and O–H groups in total. The number of hydrogen-bond acceptors (Lipinski definition) is 5. The van der Waals surface area contributed by atoms with E-state index in [1.165, 1.54) is 11.3 Å². The summed E-state index contributed by atoms with van der Waals surface area (Å²) in [5, 5.41) is 1.93. The van der Waals surface area contributed by atoms with Gasteiger partial charge in [0.15, 0.2) is 0 Å². The highest BCUT2D eigenvalue weighted by Crippen LogP contribution is 2.22. The summed E-state index contributed by atoms with van der Waals surface area (Å²) in [6.07, 6.45) is 2.12. The number of rotatable bonds is 3. The number of likely N-dealkylation sites (N-methyl/N-ethyl adjacent to an activating group) is 1. The fourth-order valence-corrected chi connectivity index (χ4v) is 3.17. The van der Waals surface area contributed by atoms with Crippen molar-refractivity contribution in [2.45, 2.75) is 58.2 Å². The summed E-state index contributed by atoms with van der Waals surface area (Å²) in [7, 11) is 1.75. The second kappa shape index (κ2) is 7.29. The number of hydrogen-bond donors (Lipinski definition) is 0. The molecule has 7 heteroatoms. The van der Waals surface area contributed by atoms with Gasteiger partial charge in [-0.25, -0.2) is 9.78 Å². The lowest BCUT2D eigenvalue weighted by Crippen LogP contribution is -2.53. The Bertz CT molecular complexity index is 539. The van der Waals surface area contributed by atoms with Gasteiger partial charge in [0.05, 0.1) is 17.7 Å². The van der Waals surface area contributed by atoms with E-state index in [1.807, 2.05) is 26.2 Å². The van der Waals surface area contributed by atoms with E-state index >= 15 is 0 Å². The molecule has 1 fully saturated rings. The van der Waals surface area contributed by atoms with E-state index in [1.54, 1.807) is 22.4 Å². The van der Waals surface area contributed by atoms with Crippen LogP contribution >= 0.6 is 11.3 Å². The first-order valence-electron chi connectivity index (χ1n) is 7.89. The Morgan fingerprint density at radius 1 is 1.43 bits per heavy atom. The lowest BCUT2D eigenvalue weighted by atomic mass is 10.0. The van der Waals surface area contributed by atoms with Crippen molar-refractivity contribution in [2.24, 2.45) is 0 Å². The summed E-state index contributed by atoms with van der Waals surface area (Å²) in [6.45, 7) is 6.52. The van der Waals surface area contributed by atoms with Gasteiger partial charge < -0.3 is 9.64 Å². The number of carbonyl (C=O) groups excluding carboxylic acids is 2. The Kier molecular flexibility index (Phi) is 5.62. The number of nitrogens with zero attached hydrogens (tertiary/aromatic N) is 3. The van der Waals surface area contributed by atoms with E-state index in [4.69, 9.17) is 4.74 Å². The molecular formula is C16H25N3O3S. The van der Waals surface area contributed by atoms with Crippen LogP contribution in [0.2, 0.25) is 0 Å². The van der Waals surface area contributed by atoms with Gasteiger partial charge in [-0.05, 0) is 40.0 Å². The molecule has 0 spiro atoms. The predicted octanol–water partition coefficient (Wildman–Crippen LogP) is 2.89. The van der Waals surface area contributed by atoms with Crippen molar-refractivity contribution in [2.75, 3.05) is 13.6 Å². The Morgan fingerprint density at radius 3 is 2.78 bits per heavy atom. The smallest absolute Gasteiger partial charge is 0.410 e. The van der Waals surface area contributed by atoms with Crippen molar-refractivity contribution >= 4 is 23.3 Å². The lowest BCUT2D eigenvalue weighted by molar-refractivity contribution is -0.137. The topological polar surface area (TPSA) is 62.7 Å². The molecule has 0 aromatic carbocycles. The standard InChI is InChI=1S/C16H25N3O3S/c1-16(2,3)22-15(21)19-8-6-5-7-13(19)14(20)18(4)9-12-10-23-11-17-12/h10-11,13H,5-9H2,1-4H3/t13-/m0/s1. The molecule has 128 valence electrons. The Morgan fingerprint density at radius 2 is 2.17 bits per heavy atom. The molecule has 1 saturated heterocycles. The maximum absolute atomic E-state index is 12.8. The van der Waals surface area contributed by atoms with E-state index in [-0.39, 0.29) is 5.91 Å². The minimum atomic E-state index is -0.561. The molecule has 0 saturated carbocycles. The first-order chi connectivity index (χ1) is 10.8. The second-order valence-electron chi connectivity index (χ2n) is 6.86. The highest BCUT2D eigenvalue weighted by atomic mass is 32.1. The maximum atomic E-state index is 12.8. The van der Waals surface area contributed by atoms with Gasteiger partial charge in [-0.2, -0.15) is 0 Å². The van der Waals surface area contributed by atoms with Crippen LogP contribution in [0.15, 0.2) is 10.9 Å². The third-order valence-electron chi connectivity index (χ3n) is 3.67. The van der Waals surface area contributed by atoms with Gasteiger partial charge in [-0.1, -0.05) is 0 Å². The monoisotopic (exact) mass is 339 g/mol. The van der Waals surface area contributed by atoms with Gasteiger partial charge >= 0.3 is 6.09 Å². The first-order valence-corrected chi connectivity index (χ1v) is 8.84. The highest BCUT2D eigenvalue weighted by molar-refractivity contribution is 7.07. The SMILES string of the molecule is CN(Cc1cscn1)C(=O)[C@@H]1CCCCN1C(=O)OC(C)(C)C. The van der Waals surface area contributed by atoms with Crippen molar-refractivity contribution in [3.63, 3.8) is 0 Å². The summed E-state index contributed by atoms with van der Waals surface area (Å²) in [6, 6.07) is -0.442. The molecule has 1 aliphatic rings. The number of aromatic nitrogens is 1. The van der Waals surface area contributed by atoms with E-state index in [0.29, 0.717) is 19.5 Å². The predicted molar refractivity (Wildman–Crippen MR) is 89.2 cm³/mol. The van der Waals surface area contributed by atoms with Gasteiger partial charge in [0.2, 0.25) is 5.91 Å². The van der Waals surface area contributed by atoms with E-state index in [0.717, 1.165) is 18.5 Å². The molecule has 0 aliphatic carbocycles. The number of thiazole rings is 1. The summed E-state index contributed by atoms with van der Waals surface area (Å²) < 4.78 is 5.45. The third kappa shape index (κ3) is 4.92. The number of ether oxygens (including phenoxy) is 1. The largest absolute Gasteiger partial charge is 0.444 e. The molecule has 1 atom stereocenters. The van der Waals surface area contributed by atoms with Crippen LogP contribution in [0.5, 0.6) is 0 Å². The number of amides is 2. The zero-order chi connectivity index (χ0) is 17.0. The molecule has 2 amide bonds. The molecule has 1 aromatic rings. The zero-order valence-electron chi connectivity index (χ0n) is 14.2. The van der Waals surface area contributed by atoms with Gasteiger partial charge in [-0.3, -0.25) is 9.69 Å². The van der Waals surface area contributed by atoms with Crippen molar-refractivity contribution in [3.05, 3.63) is 16.6 Å². The molecule has 1 aromatic heterocycles. The van der Waals surface area contributed by atoms with Crippen LogP contribution < -0.4 is 0 Å². The molecule has 1 aliphatic heterocycles. The maximum Gasteiger partial charge on any atom is 0.410 e. The first kappa shape index (κ1) is 17.7. The molecule has 6 nitrogen and oxygen atoms in total. The van der Waals surface area contributed by atoms with Gasteiger partial charge in [0.25, 0.3) is 0 Å². The van der Waals surface area contributed by atoms with Gasteiger partial charge in [0.1, 0.15) is 11.6 Å². The molecule has 2 rings (SSSR count). The van der Waals surface area contributed by atoms with Gasteiger partial charge in [0, 0.05) is 19.0 Å². The summed E-state index contributed by atoms with van der Waals surface area (Å²) in [5.41, 5.74) is 2.06. The van der Waals surface area contributed by atoms with Crippen molar-refractivity contribution in [3.8, 4) is 0 Å². The normalized spacial score (nSPS) is 18.6. The molecule has 0 unspecified atom stereocenters.